The summed E-state index contributed by atoms with van der Waals surface area (Å²) in [7, 11) is 4.00. The molecule has 4 rings (SSSR count). The van der Waals surface area contributed by atoms with Gasteiger partial charge in [-0.05, 0) is 42.7 Å². The van der Waals surface area contributed by atoms with Crippen molar-refractivity contribution in [3.8, 4) is 0 Å². The van der Waals surface area contributed by atoms with Gasteiger partial charge < -0.3 is 10.2 Å². The third kappa shape index (κ3) is 5.15. The molecule has 0 aliphatic heterocycles. The Kier molecular flexibility index (Phi) is 7.15. The molecule has 1 aromatic heterocycles. The molecule has 3 aromatic rings. The van der Waals surface area contributed by atoms with E-state index in [0.717, 1.165) is 36.9 Å². The molecule has 6 nitrogen and oxygen atoms in total. The first-order chi connectivity index (χ1) is 15.5. The summed E-state index contributed by atoms with van der Waals surface area (Å²) in [6.45, 7) is 0.480. The molecule has 7 heteroatoms. The van der Waals surface area contributed by atoms with E-state index in [4.69, 9.17) is 4.98 Å². The lowest BCUT2D eigenvalue weighted by molar-refractivity contribution is -0.118. The van der Waals surface area contributed by atoms with Gasteiger partial charge in [0.15, 0.2) is 5.16 Å². The fourth-order valence-electron chi connectivity index (χ4n) is 4.18. The standard InChI is InChI=1S/C25H30N4O2S/c1-28(2)19-14-12-18(13-15-19)16-26-23(30)17-32-25-27-22-11-7-6-10-21(22)24(31)29(25)20-8-4-3-5-9-20/h6-7,10-15,20H,3-5,8-9,16-17H2,1-2H3,(H,26,30). The van der Waals surface area contributed by atoms with Gasteiger partial charge in [0, 0.05) is 32.4 Å². The lowest BCUT2D eigenvalue weighted by Crippen LogP contribution is -2.30. The Morgan fingerprint density at radius 3 is 2.53 bits per heavy atom. The quantitative estimate of drug-likeness (QED) is 0.428. The Bertz CT molecular complexity index is 1130. The number of para-hydroxylation sites is 1. The molecule has 1 aliphatic rings. The lowest BCUT2D eigenvalue weighted by atomic mass is 9.95. The first-order valence-electron chi connectivity index (χ1n) is 11.2. The van der Waals surface area contributed by atoms with Crippen LogP contribution in [-0.2, 0) is 11.3 Å². The molecular formula is C25H30N4O2S. The number of hydrogen-bond acceptors (Lipinski definition) is 5. The van der Waals surface area contributed by atoms with Crippen LogP contribution in [0.5, 0.6) is 0 Å². The summed E-state index contributed by atoms with van der Waals surface area (Å²) in [4.78, 5) is 32.6. The molecular weight excluding hydrogens is 420 g/mol. The summed E-state index contributed by atoms with van der Waals surface area (Å²) in [6, 6.07) is 15.8. The second kappa shape index (κ2) is 10.2. The van der Waals surface area contributed by atoms with Crippen molar-refractivity contribution in [1.29, 1.82) is 0 Å². The molecule has 1 N–H and O–H groups in total. The van der Waals surface area contributed by atoms with E-state index in [0.29, 0.717) is 22.6 Å². The summed E-state index contributed by atoms with van der Waals surface area (Å²) in [6.07, 6.45) is 5.44. The maximum Gasteiger partial charge on any atom is 0.262 e. The Labute approximate surface area is 193 Å². The number of anilines is 1. The van der Waals surface area contributed by atoms with Crippen molar-refractivity contribution >= 4 is 34.3 Å². The number of aromatic nitrogens is 2. The molecule has 0 saturated heterocycles. The van der Waals surface area contributed by atoms with Gasteiger partial charge in [0.1, 0.15) is 0 Å². The molecule has 0 bridgehead atoms. The third-order valence-electron chi connectivity index (χ3n) is 5.99. The van der Waals surface area contributed by atoms with Crippen LogP contribution in [0.15, 0.2) is 58.5 Å². The van der Waals surface area contributed by atoms with E-state index in [1.165, 1.54) is 18.2 Å². The Balaban J connectivity index is 1.47. The molecule has 0 spiro atoms. The second-order valence-electron chi connectivity index (χ2n) is 8.50. The van der Waals surface area contributed by atoms with Gasteiger partial charge >= 0.3 is 0 Å². The molecule has 1 fully saturated rings. The first kappa shape index (κ1) is 22.4. The van der Waals surface area contributed by atoms with Crippen LogP contribution < -0.4 is 15.8 Å². The van der Waals surface area contributed by atoms with Gasteiger partial charge in [-0.2, -0.15) is 0 Å². The number of benzene rings is 2. The van der Waals surface area contributed by atoms with E-state index < -0.39 is 0 Å². The number of nitrogens with one attached hydrogen (secondary N) is 1. The summed E-state index contributed by atoms with van der Waals surface area (Å²) < 4.78 is 1.85. The van der Waals surface area contributed by atoms with Gasteiger partial charge in [-0.25, -0.2) is 4.98 Å². The fourth-order valence-corrected chi connectivity index (χ4v) is 5.08. The lowest BCUT2D eigenvalue weighted by Gasteiger charge is -2.26. The summed E-state index contributed by atoms with van der Waals surface area (Å²) in [5.41, 5.74) is 2.87. The van der Waals surface area contributed by atoms with Gasteiger partial charge in [0.05, 0.1) is 16.7 Å². The van der Waals surface area contributed by atoms with Crippen LogP contribution in [-0.4, -0.2) is 35.3 Å². The molecule has 2 aromatic carbocycles. The Morgan fingerprint density at radius 2 is 1.81 bits per heavy atom. The predicted molar refractivity (Wildman–Crippen MR) is 131 cm³/mol. The first-order valence-corrected chi connectivity index (χ1v) is 12.2. The fraction of sp³-hybridized carbons (Fsp3) is 0.400. The van der Waals surface area contributed by atoms with Crippen LogP contribution in [0.1, 0.15) is 43.7 Å². The van der Waals surface area contributed by atoms with Crippen molar-refractivity contribution in [2.24, 2.45) is 0 Å². The topological polar surface area (TPSA) is 67.2 Å². The highest BCUT2D eigenvalue weighted by atomic mass is 32.2. The Morgan fingerprint density at radius 1 is 1.09 bits per heavy atom. The smallest absolute Gasteiger partial charge is 0.262 e. The van der Waals surface area contributed by atoms with Gasteiger partial charge in [0.2, 0.25) is 5.91 Å². The van der Waals surface area contributed by atoms with Gasteiger partial charge in [-0.3, -0.25) is 14.2 Å². The van der Waals surface area contributed by atoms with Crippen molar-refractivity contribution < 1.29 is 4.79 Å². The van der Waals surface area contributed by atoms with Crippen molar-refractivity contribution in [2.45, 2.75) is 49.8 Å². The number of thioether (sulfide) groups is 1. The van der Waals surface area contributed by atoms with Gasteiger partial charge in [-0.15, -0.1) is 0 Å². The molecule has 1 amide bonds. The maximum atomic E-state index is 13.3. The molecule has 0 radical (unpaired) electrons. The van der Waals surface area contributed by atoms with E-state index in [2.05, 4.69) is 5.32 Å². The van der Waals surface area contributed by atoms with Crippen LogP contribution in [0.25, 0.3) is 10.9 Å². The number of nitrogens with zero attached hydrogens (tertiary/aromatic N) is 3. The zero-order chi connectivity index (χ0) is 22.5. The number of amides is 1. The van der Waals surface area contributed by atoms with Crippen LogP contribution >= 0.6 is 11.8 Å². The minimum absolute atomic E-state index is 0.00592. The molecule has 32 heavy (non-hydrogen) atoms. The van der Waals surface area contributed by atoms with Crippen LogP contribution in [0.4, 0.5) is 5.69 Å². The molecule has 0 unspecified atom stereocenters. The van der Waals surface area contributed by atoms with Crippen molar-refractivity contribution in [1.82, 2.24) is 14.9 Å². The van der Waals surface area contributed by atoms with Gasteiger partial charge in [-0.1, -0.05) is 55.3 Å². The number of fused-ring (bicyclic) bond motifs is 1. The highest BCUT2D eigenvalue weighted by molar-refractivity contribution is 7.99. The van der Waals surface area contributed by atoms with Crippen molar-refractivity contribution in [2.75, 3.05) is 24.7 Å². The third-order valence-corrected chi connectivity index (χ3v) is 6.94. The number of hydrogen-bond donors (Lipinski definition) is 1. The minimum atomic E-state index is -0.0655. The van der Waals surface area contributed by atoms with E-state index in [1.807, 2.05) is 72.1 Å². The maximum absolute atomic E-state index is 13.3. The summed E-state index contributed by atoms with van der Waals surface area (Å²) in [5.74, 6) is 0.164. The monoisotopic (exact) mass is 450 g/mol. The molecule has 0 atom stereocenters. The van der Waals surface area contributed by atoms with Crippen molar-refractivity contribution in [3.05, 3.63) is 64.4 Å². The molecule has 1 saturated carbocycles. The SMILES string of the molecule is CN(C)c1ccc(CNC(=O)CSc2nc3ccccc3c(=O)n2C2CCCCC2)cc1. The van der Waals surface area contributed by atoms with E-state index in [-0.39, 0.29) is 23.3 Å². The van der Waals surface area contributed by atoms with Gasteiger partial charge in [0.25, 0.3) is 5.56 Å². The Hall–Kier alpha value is -2.80. The summed E-state index contributed by atoms with van der Waals surface area (Å²) >= 11 is 1.35. The van der Waals surface area contributed by atoms with E-state index in [9.17, 15) is 9.59 Å². The number of rotatable bonds is 7. The van der Waals surface area contributed by atoms with Crippen LogP contribution in [0.2, 0.25) is 0 Å². The minimum Gasteiger partial charge on any atom is -0.378 e. The average Bonchev–Trinajstić information content (AvgIpc) is 2.82. The highest BCUT2D eigenvalue weighted by Gasteiger charge is 2.22. The largest absolute Gasteiger partial charge is 0.378 e. The van der Waals surface area contributed by atoms with Crippen LogP contribution in [0.3, 0.4) is 0 Å². The molecule has 1 heterocycles. The second-order valence-corrected chi connectivity index (χ2v) is 9.45. The van der Waals surface area contributed by atoms with Crippen molar-refractivity contribution in [3.63, 3.8) is 0 Å². The number of carbonyl (C=O) groups excluding carboxylic acids is 1. The highest BCUT2D eigenvalue weighted by Crippen LogP contribution is 2.31. The molecule has 168 valence electrons. The number of carbonyl (C=O) groups is 1. The summed E-state index contributed by atoms with van der Waals surface area (Å²) in [5, 5.41) is 4.27. The van der Waals surface area contributed by atoms with E-state index in [1.54, 1.807) is 0 Å². The molecule has 1 aliphatic carbocycles. The average molecular weight is 451 g/mol. The van der Waals surface area contributed by atoms with E-state index >= 15 is 0 Å². The van der Waals surface area contributed by atoms with Crippen LogP contribution in [0, 0.1) is 0 Å². The predicted octanol–water partition coefficient (Wildman–Crippen LogP) is 4.38. The normalized spacial score (nSPS) is 14.4. The zero-order valence-electron chi connectivity index (χ0n) is 18.7. The zero-order valence-corrected chi connectivity index (χ0v) is 19.5.